The molecule has 0 spiro atoms. The van der Waals surface area contributed by atoms with Gasteiger partial charge in [0.05, 0.1) is 6.07 Å². The first-order chi connectivity index (χ1) is 5.72. The van der Waals surface area contributed by atoms with Gasteiger partial charge in [0.1, 0.15) is 12.2 Å². The highest BCUT2D eigenvalue weighted by Gasteiger charge is 2.14. The number of rotatable bonds is 6. The van der Waals surface area contributed by atoms with E-state index in [1.54, 1.807) is 6.07 Å². The summed E-state index contributed by atoms with van der Waals surface area (Å²) in [5.41, 5.74) is 0. The molecular formula is C8H11NO3. The van der Waals surface area contributed by atoms with Gasteiger partial charge in [-0.3, -0.25) is 4.79 Å². The Morgan fingerprint density at radius 2 is 2.25 bits per heavy atom. The Kier molecular flexibility index (Phi) is 5.62. The molecule has 1 atom stereocenters. The maximum Gasteiger partial charge on any atom is 0.320 e. The fourth-order valence-electron chi connectivity index (χ4n) is 0.819. The summed E-state index contributed by atoms with van der Waals surface area (Å²) in [4.78, 5) is 20.2. The number of hydrogen-bond donors (Lipinski definition) is 1. The van der Waals surface area contributed by atoms with E-state index in [1.165, 1.54) is 0 Å². The Morgan fingerprint density at radius 3 is 2.67 bits per heavy atom. The molecule has 0 fully saturated rings. The zero-order valence-electron chi connectivity index (χ0n) is 6.69. The van der Waals surface area contributed by atoms with Crippen LogP contribution in [-0.2, 0) is 9.59 Å². The van der Waals surface area contributed by atoms with Gasteiger partial charge in [0, 0.05) is 6.42 Å². The predicted molar refractivity (Wildman–Crippen MR) is 41.3 cm³/mol. The molecule has 0 amide bonds. The average molecular weight is 169 g/mol. The lowest BCUT2D eigenvalue weighted by Crippen LogP contribution is -2.10. The molecule has 0 saturated carbocycles. The van der Waals surface area contributed by atoms with Gasteiger partial charge in [-0.25, -0.2) is 0 Å². The van der Waals surface area contributed by atoms with Crippen molar-refractivity contribution in [2.24, 2.45) is 5.92 Å². The van der Waals surface area contributed by atoms with Gasteiger partial charge in [0.15, 0.2) is 0 Å². The van der Waals surface area contributed by atoms with Crippen molar-refractivity contribution in [2.75, 3.05) is 0 Å². The van der Waals surface area contributed by atoms with E-state index in [2.05, 4.69) is 0 Å². The van der Waals surface area contributed by atoms with Crippen molar-refractivity contribution in [1.82, 2.24) is 0 Å². The normalized spacial score (nSPS) is 11.6. The molecule has 0 aromatic heterocycles. The molecule has 0 heterocycles. The van der Waals surface area contributed by atoms with E-state index < -0.39 is 11.9 Å². The zero-order chi connectivity index (χ0) is 9.40. The molecule has 0 aromatic carbocycles. The van der Waals surface area contributed by atoms with Crippen LogP contribution in [0.2, 0.25) is 0 Å². The zero-order valence-corrected chi connectivity index (χ0v) is 6.69. The third-order valence-electron chi connectivity index (χ3n) is 1.52. The second kappa shape index (κ2) is 6.35. The van der Waals surface area contributed by atoms with E-state index in [4.69, 9.17) is 10.4 Å². The first-order valence-corrected chi connectivity index (χ1v) is 3.78. The van der Waals surface area contributed by atoms with Crippen LogP contribution in [0.3, 0.4) is 0 Å². The summed E-state index contributed by atoms with van der Waals surface area (Å²) < 4.78 is 0. The highest BCUT2D eigenvalue weighted by Crippen LogP contribution is 2.08. The molecule has 0 saturated heterocycles. The molecule has 0 aliphatic carbocycles. The van der Waals surface area contributed by atoms with Gasteiger partial charge in [0.25, 0.3) is 0 Å². The largest absolute Gasteiger partial charge is 0.480 e. The topological polar surface area (TPSA) is 78.2 Å². The van der Waals surface area contributed by atoms with E-state index in [0.717, 1.165) is 6.29 Å². The standard InChI is InChI=1S/C8H11NO3/c9-6-7(8(11)12)4-2-1-3-5-10/h5,7H,1-4H2,(H,11,12). The highest BCUT2D eigenvalue weighted by atomic mass is 16.4. The van der Waals surface area contributed by atoms with Crippen LogP contribution >= 0.6 is 0 Å². The number of aliphatic carboxylic acids is 1. The summed E-state index contributed by atoms with van der Waals surface area (Å²) in [6.07, 6.45) is 2.85. The smallest absolute Gasteiger partial charge is 0.320 e. The summed E-state index contributed by atoms with van der Waals surface area (Å²) in [6, 6.07) is 1.69. The third kappa shape index (κ3) is 4.45. The lowest BCUT2D eigenvalue weighted by molar-refractivity contribution is -0.140. The van der Waals surface area contributed by atoms with Crippen LogP contribution in [0.15, 0.2) is 0 Å². The van der Waals surface area contributed by atoms with E-state index in [0.29, 0.717) is 25.7 Å². The molecule has 1 N–H and O–H groups in total. The molecule has 0 aromatic rings. The molecule has 0 rings (SSSR count). The van der Waals surface area contributed by atoms with Crippen molar-refractivity contribution in [2.45, 2.75) is 25.7 Å². The van der Waals surface area contributed by atoms with Crippen LogP contribution in [0.4, 0.5) is 0 Å². The number of aldehydes is 1. The summed E-state index contributed by atoms with van der Waals surface area (Å²) in [5.74, 6) is -2.00. The number of nitriles is 1. The van der Waals surface area contributed by atoms with Gasteiger partial charge in [-0.15, -0.1) is 0 Å². The number of carboxylic acid groups (broad SMARTS) is 1. The Morgan fingerprint density at radius 1 is 1.58 bits per heavy atom. The van der Waals surface area contributed by atoms with Gasteiger partial charge in [0.2, 0.25) is 0 Å². The third-order valence-corrected chi connectivity index (χ3v) is 1.52. The van der Waals surface area contributed by atoms with E-state index >= 15 is 0 Å². The molecular weight excluding hydrogens is 158 g/mol. The second-order valence-corrected chi connectivity index (χ2v) is 2.47. The first kappa shape index (κ1) is 10.6. The second-order valence-electron chi connectivity index (χ2n) is 2.47. The van der Waals surface area contributed by atoms with Gasteiger partial charge >= 0.3 is 5.97 Å². The lowest BCUT2D eigenvalue weighted by atomic mass is 10.0. The summed E-state index contributed by atoms with van der Waals surface area (Å²) in [6.45, 7) is 0. The molecule has 0 radical (unpaired) electrons. The van der Waals surface area contributed by atoms with E-state index in [1.807, 2.05) is 0 Å². The molecule has 66 valence electrons. The summed E-state index contributed by atoms with van der Waals surface area (Å²) >= 11 is 0. The number of carbonyl (C=O) groups is 2. The highest BCUT2D eigenvalue weighted by molar-refractivity contribution is 5.72. The van der Waals surface area contributed by atoms with Crippen LogP contribution in [0, 0.1) is 17.2 Å². The minimum atomic E-state index is -1.08. The van der Waals surface area contributed by atoms with Crippen molar-refractivity contribution < 1.29 is 14.7 Å². The Bertz CT molecular complexity index is 195. The van der Waals surface area contributed by atoms with E-state index in [-0.39, 0.29) is 0 Å². The number of unbranched alkanes of at least 4 members (excludes halogenated alkanes) is 2. The minimum Gasteiger partial charge on any atom is -0.480 e. The monoisotopic (exact) mass is 169 g/mol. The molecule has 4 nitrogen and oxygen atoms in total. The predicted octanol–water partition coefficient (Wildman–Crippen LogP) is 0.970. The number of hydrogen-bond acceptors (Lipinski definition) is 3. The van der Waals surface area contributed by atoms with Crippen molar-refractivity contribution in [3.63, 3.8) is 0 Å². The molecule has 0 bridgehead atoms. The van der Waals surface area contributed by atoms with Crippen LogP contribution in [0.1, 0.15) is 25.7 Å². The quantitative estimate of drug-likeness (QED) is 0.474. The van der Waals surface area contributed by atoms with Crippen LogP contribution < -0.4 is 0 Å². The van der Waals surface area contributed by atoms with Crippen LogP contribution in [-0.4, -0.2) is 17.4 Å². The summed E-state index contributed by atoms with van der Waals surface area (Å²) in [5, 5.41) is 16.8. The number of carboxylic acids is 1. The van der Waals surface area contributed by atoms with Crippen molar-refractivity contribution >= 4 is 12.3 Å². The fraction of sp³-hybridized carbons (Fsp3) is 0.625. The van der Waals surface area contributed by atoms with Crippen LogP contribution in [0.25, 0.3) is 0 Å². The molecule has 4 heteroatoms. The van der Waals surface area contributed by atoms with Crippen LogP contribution in [0.5, 0.6) is 0 Å². The maximum absolute atomic E-state index is 10.3. The molecule has 0 aliphatic rings. The Balaban J connectivity index is 3.54. The maximum atomic E-state index is 10.3. The number of nitrogens with zero attached hydrogens (tertiary/aromatic N) is 1. The minimum absolute atomic E-state index is 0.333. The van der Waals surface area contributed by atoms with Crippen molar-refractivity contribution in [3.05, 3.63) is 0 Å². The van der Waals surface area contributed by atoms with Gasteiger partial charge in [-0.05, 0) is 12.8 Å². The Hall–Kier alpha value is -1.37. The van der Waals surface area contributed by atoms with Crippen molar-refractivity contribution in [1.29, 1.82) is 5.26 Å². The molecule has 12 heavy (non-hydrogen) atoms. The SMILES string of the molecule is N#CC(CCCCC=O)C(=O)O. The lowest BCUT2D eigenvalue weighted by Gasteiger charge is -2.00. The van der Waals surface area contributed by atoms with E-state index in [9.17, 15) is 9.59 Å². The van der Waals surface area contributed by atoms with Gasteiger partial charge in [-0.1, -0.05) is 6.42 Å². The Labute approximate surface area is 70.8 Å². The number of carbonyl (C=O) groups excluding carboxylic acids is 1. The van der Waals surface area contributed by atoms with Gasteiger partial charge < -0.3 is 9.90 Å². The average Bonchev–Trinajstić information content (AvgIpc) is 2.04. The molecule has 0 aliphatic heterocycles. The fourth-order valence-corrected chi connectivity index (χ4v) is 0.819. The van der Waals surface area contributed by atoms with Crippen molar-refractivity contribution in [3.8, 4) is 6.07 Å². The summed E-state index contributed by atoms with van der Waals surface area (Å²) in [7, 11) is 0. The van der Waals surface area contributed by atoms with Gasteiger partial charge in [-0.2, -0.15) is 5.26 Å². The first-order valence-electron chi connectivity index (χ1n) is 3.78. The molecule has 1 unspecified atom stereocenters.